The first-order valence-corrected chi connectivity index (χ1v) is 9.04. The number of hydrogen-bond donors (Lipinski definition) is 2. The third-order valence-electron chi connectivity index (χ3n) is 4.88. The number of imidazole rings is 1. The highest BCUT2D eigenvalue weighted by molar-refractivity contribution is 6.05. The second-order valence-corrected chi connectivity index (χ2v) is 6.64. The van der Waals surface area contributed by atoms with Crippen LogP contribution in [0, 0.1) is 0 Å². The number of aliphatic hydroxyl groups is 1. The average molecular weight is 376 g/mol. The van der Waals surface area contributed by atoms with Crippen molar-refractivity contribution in [1.82, 2.24) is 19.4 Å². The zero-order valence-corrected chi connectivity index (χ0v) is 15.1. The molecule has 0 bridgehead atoms. The van der Waals surface area contributed by atoms with E-state index in [9.17, 15) is 15.0 Å². The molecule has 1 aliphatic heterocycles. The van der Waals surface area contributed by atoms with E-state index in [4.69, 9.17) is 0 Å². The van der Waals surface area contributed by atoms with E-state index < -0.39 is 11.9 Å². The standard InChI is InChI=1S/C21H20N4O3/c26-17-4-2-15(3-5-17)18-19(16-6-8-22-9-7-16)25(21(28)20(18)27)12-1-11-24-13-10-23-14-24/h2-10,13-14,19,26-27H,1,11-12H2. The van der Waals surface area contributed by atoms with E-state index in [0.717, 1.165) is 18.5 Å². The lowest BCUT2D eigenvalue weighted by Gasteiger charge is -2.27. The number of aliphatic hydroxyl groups excluding tert-OH is 1. The van der Waals surface area contributed by atoms with Crippen LogP contribution in [0.4, 0.5) is 0 Å². The van der Waals surface area contributed by atoms with E-state index in [1.54, 1.807) is 54.1 Å². The summed E-state index contributed by atoms with van der Waals surface area (Å²) in [5.74, 6) is -0.517. The van der Waals surface area contributed by atoms with Gasteiger partial charge in [-0.3, -0.25) is 9.78 Å². The molecule has 1 aliphatic rings. The van der Waals surface area contributed by atoms with Gasteiger partial charge in [-0.1, -0.05) is 12.1 Å². The molecule has 2 aromatic heterocycles. The Balaban J connectivity index is 1.66. The molecule has 4 rings (SSSR count). The first kappa shape index (κ1) is 17.8. The fourth-order valence-electron chi connectivity index (χ4n) is 3.56. The maximum atomic E-state index is 12.9. The SMILES string of the molecule is O=C1C(O)=C(c2ccc(O)cc2)C(c2ccncc2)N1CCCn1ccnc1. The largest absolute Gasteiger partial charge is 0.508 e. The number of carbonyl (C=O) groups excluding carboxylic acids is 1. The van der Waals surface area contributed by atoms with Crippen molar-refractivity contribution in [3.8, 4) is 5.75 Å². The van der Waals surface area contributed by atoms with Crippen LogP contribution in [0.25, 0.3) is 5.57 Å². The average Bonchev–Trinajstić information content (AvgIpc) is 3.32. The van der Waals surface area contributed by atoms with Gasteiger partial charge in [0.25, 0.3) is 5.91 Å². The Morgan fingerprint density at radius 1 is 0.929 bits per heavy atom. The van der Waals surface area contributed by atoms with Gasteiger partial charge in [-0.15, -0.1) is 0 Å². The van der Waals surface area contributed by atoms with Crippen LogP contribution in [0.15, 0.2) is 73.3 Å². The molecule has 3 aromatic rings. The maximum absolute atomic E-state index is 12.9. The Hall–Kier alpha value is -3.61. The topological polar surface area (TPSA) is 91.5 Å². The summed E-state index contributed by atoms with van der Waals surface area (Å²) >= 11 is 0. The van der Waals surface area contributed by atoms with Gasteiger partial charge in [-0.05, 0) is 41.8 Å². The summed E-state index contributed by atoms with van der Waals surface area (Å²) in [6, 6.07) is 9.79. The van der Waals surface area contributed by atoms with Crippen LogP contribution in [0.3, 0.4) is 0 Å². The molecule has 0 saturated carbocycles. The summed E-state index contributed by atoms with van der Waals surface area (Å²) in [7, 11) is 0. The van der Waals surface area contributed by atoms with Crippen LogP contribution in [0.5, 0.6) is 5.75 Å². The monoisotopic (exact) mass is 376 g/mol. The predicted molar refractivity (Wildman–Crippen MR) is 103 cm³/mol. The molecule has 7 nitrogen and oxygen atoms in total. The molecule has 0 fully saturated rings. The number of aromatic hydroxyl groups is 1. The van der Waals surface area contributed by atoms with Crippen molar-refractivity contribution in [1.29, 1.82) is 0 Å². The molecule has 28 heavy (non-hydrogen) atoms. The van der Waals surface area contributed by atoms with Crippen LogP contribution in [-0.4, -0.2) is 42.1 Å². The van der Waals surface area contributed by atoms with Crippen molar-refractivity contribution < 1.29 is 15.0 Å². The van der Waals surface area contributed by atoms with E-state index in [1.165, 1.54) is 0 Å². The highest BCUT2D eigenvalue weighted by Gasteiger charge is 2.40. The van der Waals surface area contributed by atoms with Crippen molar-refractivity contribution in [2.24, 2.45) is 0 Å². The first-order valence-electron chi connectivity index (χ1n) is 9.04. The summed E-state index contributed by atoms with van der Waals surface area (Å²) in [4.78, 5) is 22.6. The van der Waals surface area contributed by atoms with E-state index in [1.807, 2.05) is 22.9 Å². The number of aromatic nitrogens is 3. The smallest absolute Gasteiger partial charge is 0.289 e. The van der Waals surface area contributed by atoms with Crippen LogP contribution >= 0.6 is 0 Å². The third-order valence-corrected chi connectivity index (χ3v) is 4.88. The molecular formula is C21H20N4O3. The molecule has 0 saturated heterocycles. The summed E-state index contributed by atoms with van der Waals surface area (Å²) in [6.45, 7) is 1.21. The first-order chi connectivity index (χ1) is 13.6. The molecule has 142 valence electrons. The number of nitrogens with zero attached hydrogens (tertiary/aromatic N) is 4. The van der Waals surface area contributed by atoms with Crippen LogP contribution in [0.1, 0.15) is 23.6 Å². The van der Waals surface area contributed by atoms with Gasteiger partial charge in [-0.25, -0.2) is 4.98 Å². The molecule has 3 heterocycles. The summed E-state index contributed by atoms with van der Waals surface area (Å²) in [5, 5.41) is 20.2. The summed E-state index contributed by atoms with van der Waals surface area (Å²) in [6.07, 6.45) is 9.41. The van der Waals surface area contributed by atoms with Gasteiger partial charge in [0.1, 0.15) is 5.75 Å². The zero-order valence-electron chi connectivity index (χ0n) is 15.1. The van der Waals surface area contributed by atoms with Gasteiger partial charge in [-0.2, -0.15) is 0 Å². The highest BCUT2D eigenvalue weighted by atomic mass is 16.3. The predicted octanol–water partition coefficient (Wildman–Crippen LogP) is 2.93. The van der Waals surface area contributed by atoms with E-state index >= 15 is 0 Å². The van der Waals surface area contributed by atoms with E-state index in [0.29, 0.717) is 17.7 Å². The van der Waals surface area contributed by atoms with Gasteiger partial charge in [0, 0.05) is 43.4 Å². The molecule has 1 amide bonds. The Morgan fingerprint density at radius 2 is 1.68 bits per heavy atom. The summed E-state index contributed by atoms with van der Waals surface area (Å²) in [5.41, 5.74) is 2.11. The van der Waals surface area contributed by atoms with E-state index in [-0.39, 0.29) is 11.5 Å². The normalized spacial score (nSPS) is 16.8. The number of phenols is 1. The molecular weight excluding hydrogens is 356 g/mol. The van der Waals surface area contributed by atoms with Crippen molar-refractivity contribution in [3.63, 3.8) is 0 Å². The Labute approximate surface area is 162 Å². The quantitative estimate of drug-likeness (QED) is 0.690. The third kappa shape index (κ3) is 3.34. The number of amides is 1. The van der Waals surface area contributed by atoms with Gasteiger partial charge >= 0.3 is 0 Å². The van der Waals surface area contributed by atoms with E-state index in [2.05, 4.69) is 9.97 Å². The Kier molecular flexibility index (Phi) is 4.80. The molecule has 1 aromatic carbocycles. The molecule has 0 spiro atoms. The van der Waals surface area contributed by atoms with Crippen molar-refractivity contribution in [2.45, 2.75) is 19.0 Å². The molecule has 1 unspecified atom stereocenters. The minimum Gasteiger partial charge on any atom is -0.508 e. The van der Waals surface area contributed by atoms with Gasteiger partial charge < -0.3 is 19.7 Å². The molecule has 7 heteroatoms. The minimum absolute atomic E-state index is 0.130. The highest BCUT2D eigenvalue weighted by Crippen LogP contribution is 2.43. The molecule has 0 radical (unpaired) electrons. The minimum atomic E-state index is -0.414. The Morgan fingerprint density at radius 3 is 2.36 bits per heavy atom. The number of carbonyl (C=O) groups is 1. The number of hydrogen-bond acceptors (Lipinski definition) is 5. The lowest BCUT2D eigenvalue weighted by molar-refractivity contribution is -0.129. The molecule has 2 N–H and O–H groups in total. The number of aryl methyl sites for hydroxylation is 1. The number of pyridine rings is 1. The number of benzene rings is 1. The van der Waals surface area contributed by atoms with Crippen LogP contribution < -0.4 is 0 Å². The van der Waals surface area contributed by atoms with Crippen LogP contribution in [-0.2, 0) is 11.3 Å². The second kappa shape index (κ2) is 7.56. The number of phenolic OH excluding ortho intramolecular Hbond substituents is 1. The van der Waals surface area contributed by atoms with Gasteiger partial charge in [0.05, 0.1) is 12.4 Å². The number of rotatable bonds is 6. The fraction of sp³-hybridized carbons (Fsp3) is 0.190. The maximum Gasteiger partial charge on any atom is 0.289 e. The lowest BCUT2D eigenvalue weighted by Crippen LogP contribution is -2.31. The second-order valence-electron chi connectivity index (χ2n) is 6.64. The van der Waals surface area contributed by atoms with Gasteiger partial charge in [0.2, 0.25) is 0 Å². The van der Waals surface area contributed by atoms with Crippen molar-refractivity contribution in [2.75, 3.05) is 6.54 Å². The molecule has 1 atom stereocenters. The van der Waals surface area contributed by atoms with Crippen molar-refractivity contribution >= 4 is 11.5 Å². The van der Waals surface area contributed by atoms with Gasteiger partial charge in [0.15, 0.2) is 5.76 Å². The zero-order chi connectivity index (χ0) is 19.5. The van der Waals surface area contributed by atoms with Crippen LogP contribution in [0.2, 0.25) is 0 Å². The molecule has 0 aliphatic carbocycles. The Bertz CT molecular complexity index is 982. The lowest BCUT2D eigenvalue weighted by atomic mass is 9.94. The summed E-state index contributed by atoms with van der Waals surface area (Å²) < 4.78 is 1.95. The fourth-order valence-corrected chi connectivity index (χ4v) is 3.56. The van der Waals surface area contributed by atoms with Crippen molar-refractivity contribution in [3.05, 3.63) is 84.4 Å².